The van der Waals surface area contributed by atoms with Gasteiger partial charge in [-0.25, -0.2) is 0 Å². The Kier molecular flexibility index (Phi) is 48.1. The monoisotopic (exact) mass is 905 g/mol. The molecule has 0 aliphatic rings. The molecule has 0 saturated heterocycles. The fourth-order valence-electron chi connectivity index (χ4n) is 8.79. The number of unbranched alkanes of at least 4 members (excludes halogenated alkanes) is 33. The second-order valence-corrected chi connectivity index (χ2v) is 21.1. The van der Waals surface area contributed by atoms with Gasteiger partial charge in [0.1, 0.15) is 13.2 Å². The molecule has 0 saturated carbocycles. The van der Waals surface area contributed by atoms with Crippen LogP contribution in [0.4, 0.5) is 0 Å². The minimum atomic E-state index is -0.764. The average molecular weight is 906 g/mol. The van der Waals surface area contributed by atoms with Gasteiger partial charge in [-0.1, -0.05) is 279 Å². The van der Waals surface area contributed by atoms with Crippen LogP contribution in [-0.4, -0.2) is 37.2 Å². The van der Waals surface area contributed by atoms with Gasteiger partial charge >= 0.3 is 17.9 Å². The molecule has 6 nitrogen and oxygen atoms in total. The van der Waals surface area contributed by atoms with E-state index in [9.17, 15) is 14.4 Å². The molecule has 0 aromatic carbocycles. The van der Waals surface area contributed by atoms with Crippen molar-refractivity contribution in [1.82, 2.24) is 0 Å². The number of esters is 3. The van der Waals surface area contributed by atoms with E-state index in [1.165, 1.54) is 199 Å². The molecule has 380 valence electrons. The van der Waals surface area contributed by atoms with Gasteiger partial charge in [-0.05, 0) is 37.0 Å². The molecule has 0 bridgehead atoms. The van der Waals surface area contributed by atoms with Crippen molar-refractivity contribution in [2.75, 3.05) is 13.2 Å². The van der Waals surface area contributed by atoms with Crippen LogP contribution in [0.25, 0.3) is 0 Å². The quantitative estimate of drug-likeness (QED) is 0.0344. The summed E-state index contributed by atoms with van der Waals surface area (Å²) in [5, 5.41) is 0. The minimum Gasteiger partial charge on any atom is -0.462 e. The Balaban J connectivity index is 4.30. The number of carbonyl (C=O) groups excluding carboxylic acids is 3. The third-order valence-corrected chi connectivity index (χ3v) is 13.5. The number of hydrogen-bond donors (Lipinski definition) is 0. The van der Waals surface area contributed by atoms with Crippen molar-refractivity contribution in [2.45, 2.75) is 324 Å². The van der Waals surface area contributed by atoms with E-state index in [4.69, 9.17) is 14.2 Å². The van der Waals surface area contributed by atoms with Crippen LogP contribution >= 0.6 is 0 Å². The molecule has 0 aliphatic heterocycles. The maximum absolute atomic E-state index is 12.8. The molecule has 2 atom stereocenters. The zero-order valence-corrected chi connectivity index (χ0v) is 44.1. The summed E-state index contributed by atoms with van der Waals surface area (Å²) in [6.45, 7) is 13.8. The number of ether oxygens (including phenoxy) is 3. The van der Waals surface area contributed by atoms with E-state index in [2.05, 4.69) is 41.5 Å². The van der Waals surface area contributed by atoms with Crippen LogP contribution in [0.2, 0.25) is 0 Å². The lowest BCUT2D eigenvalue weighted by atomic mass is 9.99. The minimum absolute atomic E-state index is 0.0637. The predicted molar refractivity (Wildman–Crippen MR) is 275 cm³/mol. The Labute approximate surface area is 399 Å². The zero-order valence-electron chi connectivity index (χ0n) is 44.1. The number of hydrogen-bond acceptors (Lipinski definition) is 6. The van der Waals surface area contributed by atoms with Gasteiger partial charge in [0, 0.05) is 19.3 Å². The molecule has 0 heterocycles. The lowest BCUT2D eigenvalue weighted by Gasteiger charge is -2.18. The summed E-state index contributed by atoms with van der Waals surface area (Å²) in [4.78, 5) is 38.1. The molecule has 0 fully saturated rings. The molecule has 6 heteroatoms. The van der Waals surface area contributed by atoms with Crippen molar-refractivity contribution in [3.8, 4) is 0 Å². The highest BCUT2D eigenvalue weighted by Gasteiger charge is 2.19. The second-order valence-electron chi connectivity index (χ2n) is 21.1. The zero-order chi connectivity index (χ0) is 47.0. The van der Waals surface area contributed by atoms with E-state index < -0.39 is 6.10 Å². The molecule has 0 aromatic rings. The Hall–Kier alpha value is -1.59. The van der Waals surface area contributed by atoms with Crippen LogP contribution in [0.1, 0.15) is 318 Å². The highest BCUT2D eigenvalue weighted by atomic mass is 16.6. The van der Waals surface area contributed by atoms with Crippen LogP contribution in [-0.2, 0) is 28.6 Å². The van der Waals surface area contributed by atoms with E-state index in [1.807, 2.05) is 0 Å². The van der Waals surface area contributed by atoms with Crippen molar-refractivity contribution in [2.24, 2.45) is 17.8 Å². The van der Waals surface area contributed by atoms with E-state index in [0.29, 0.717) is 19.3 Å². The molecule has 0 amide bonds. The Morgan fingerprint density at radius 2 is 0.547 bits per heavy atom. The van der Waals surface area contributed by atoms with Crippen molar-refractivity contribution in [3.63, 3.8) is 0 Å². The van der Waals surface area contributed by atoms with Crippen molar-refractivity contribution < 1.29 is 28.6 Å². The topological polar surface area (TPSA) is 78.9 Å². The normalized spacial score (nSPS) is 12.6. The van der Waals surface area contributed by atoms with Crippen LogP contribution in [0.5, 0.6) is 0 Å². The van der Waals surface area contributed by atoms with Crippen LogP contribution in [0.15, 0.2) is 0 Å². The summed E-state index contributed by atoms with van der Waals surface area (Å²) in [5.74, 6) is 1.70. The highest BCUT2D eigenvalue weighted by Crippen LogP contribution is 2.19. The Morgan fingerprint density at radius 1 is 0.312 bits per heavy atom. The third kappa shape index (κ3) is 49.8. The Morgan fingerprint density at radius 3 is 0.812 bits per heavy atom. The highest BCUT2D eigenvalue weighted by molar-refractivity contribution is 5.71. The summed E-state index contributed by atoms with van der Waals surface area (Å²) in [7, 11) is 0. The maximum Gasteiger partial charge on any atom is 0.306 e. The van der Waals surface area contributed by atoms with Gasteiger partial charge < -0.3 is 14.2 Å². The number of rotatable bonds is 51. The second kappa shape index (κ2) is 49.3. The van der Waals surface area contributed by atoms with E-state index in [-0.39, 0.29) is 31.1 Å². The lowest BCUT2D eigenvalue weighted by Crippen LogP contribution is -2.30. The first-order valence-electron chi connectivity index (χ1n) is 28.6. The van der Waals surface area contributed by atoms with Gasteiger partial charge in [0.15, 0.2) is 6.10 Å². The molecule has 0 spiro atoms. The maximum atomic E-state index is 12.8. The first-order chi connectivity index (χ1) is 31.1. The molecule has 64 heavy (non-hydrogen) atoms. The summed E-state index contributed by atoms with van der Waals surface area (Å²) >= 11 is 0. The fraction of sp³-hybridized carbons (Fsp3) is 0.948. The SMILES string of the molecule is CCC(C)CCCCCCCCCCCCC(=O)OC[C@H](COC(=O)CCCCCCCCCCCCCCCCCC(C)C)OC(=O)CCCCCCCCCCCCCC(C)C. The molecule has 0 radical (unpaired) electrons. The van der Waals surface area contributed by atoms with Gasteiger partial charge in [-0.15, -0.1) is 0 Å². The van der Waals surface area contributed by atoms with Crippen LogP contribution < -0.4 is 0 Å². The molecule has 0 aromatic heterocycles. The molecule has 0 rings (SSSR count). The summed E-state index contributed by atoms with van der Waals surface area (Å²) in [6, 6.07) is 0. The van der Waals surface area contributed by atoms with Gasteiger partial charge in [0.25, 0.3) is 0 Å². The largest absolute Gasteiger partial charge is 0.462 e. The fourth-order valence-corrected chi connectivity index (χ4v) is 8.79. The Bertz CT molecular complexity index is 993. The molecule has 0 N–H and O–H groups in total. The van der Waals surface area contributed by atoms with Crippen LogP contribution in [0, 0.1) is 17.8 Å². The van der Waals surface area contributed by atoms with E-state index in [1.54, 1.807) is 0 Å². The first-order valence-corrected chi connectivity index (χ1v) is 28.6. The van der Waals surface area contributed by atoms with E-state index >= 15 is 0 Å². The standard InChI is InChI=1S/C58H112O6/c1-7-54(6)46-40-34-28-22-18-19-24-30-36-42-48-57(60)63-51-55(64-58(61)49-43-37-31-25-17-13-15-21-27-33-39-45-53(4)5)50-62-56(59)47-41-35-29-23-16-12-10-8-9-11-14-20-26-32-38-44-52(2)3/h52-55H,7-51H2,1-6H3/t54?,55-/m0/s1. The molecular weight excluding hydrogens is 793 g/mol. The summed E-state index contributed by atoms with van der Waals surface area (Å²) in [5.41, 5.74) is 0. The van der Waals surface area contributed by atoms with Gasteiger partial charge in [-0.2, -0.15) is 0 Å². The van der Waals surface area contributed by atoms with Crippen molar-refractivity contribution >= 4 is 17.9 Å². The van der Waals surface area contributed by atoms with Crippen LogP contribution in [0.3, 0.4) is 0 Å². The average Bonchev–Trinajstić information content (AvgIpc) is 3.27. The third-order valence-electron chi connectivity index (χ3n) is 13.5. The van der Waals surface area contributed by atoms with Crippen molar-refractivity contribution in [1.29, 1.82) is 0 Å². The van der Waals surface area contributed by atoms with Gasteiger partial charge in [-0.3, -0.25) is 14.4 Å². The molecule has 1 unspecified atom stereocenters. The predicted octanol–water partition coefficient (Wildman–Crippen LogP) is 18.7. The van der Waals surface area contributed by atoms with Gasteiger partial charge in [0.05, 0.1) is 0 Å². The van der Waals surface area contributed by atoms with E-state index in [0.717, 1.165) is 75.5 Å². The molecular formula is C58H112O6. The molecule has 0 aliphatic carbocycles. The number of carbonyl (C=O) groups is 3. The smallest absolute Gasteiger partial charge is 0.306 e. The van der Waals surface area contributed by atoms with Crippen molar-refractivity contribution in [3.05, 3.63) is 0 Å². The summed E-state index contributed by atoms with van der Waals surface area (Å²) < 4.78 is 16.9. The first kappa shape index (κ1) is 62.4. The lowest BCUT2D eigenvalue weighted by molar-refractivity contribution is -0.167. The summed E-state index contributed by atoms with van der Waals surface area (Å²) in [6.07, 6.45) is 50.8. The van der Waals surface area contributed by atoms with Gasteiger partial charge in [0.2, 0.25) is 0 Å².